The average Bonchev–Trinajstić information content (AvgIpc) is 2.55. The first-order valence-electron chi connectivity index (χ1n) is 3.28. The number of nitrogens with zero attached hydrogens (tertiary/aromatic N) is 1. The number of rotatable bonds is 0. The molecule has 11 heavy (non-hydrogen) atoms. The number of aromatic amines is 1. The molecule has 2 aromatic rings. The lowest BCUT2D eigenvalue weighted by molar-refractivity contribution is 1.36. The van der Waals surface area contributed by atoms with Gasteiger partial charge >= 0.3 is 0 Å². The van der Waals surface area contributed by atoms with Gasteiger partial charge in [0.2, 0.25) is 0 Å². The quantitative estimate of drug-likeness (QED) is 0.576. The lowest BCUT2D eigenvalue weighted by Crippen LogP contribution is -1.67. The van der Waals surface area contributed by atoms with E-state index in [4.69, 9.17) is 0 Å². The van der Waals surface area contributed by atoms with Gasteiger partial charge in [-0.3, -0.25) is 4.98 Å². The SMILES string of the molecule is CS.c1cc2[nH]ccc2cn1. The van der Waals surface area contributed by atoms with Gasteiger partial charge in [-0.2, -0.15) is 12.6 Å². The Morgan fingerprint density at radius 1 is 1.36 bits per heavy atom. The van der Waals surface area contributed by atoms with Crippen LogP contribution in [0.3, 0.4) is 0 Å². The molecule has 58 valence electrons. The maximum Gasteiger partial charge on any atom is 0.0484 e. The molecule has 0 amide bonds. The van der Waals surface area contributed by atoms with E-state index in [1.807, 2.05) is 24.5 Å². The van der Waals surface area contributed by atoms with Crippen LogP contribution in [-0.2, 0) is 0 Å². The highest BCUT2D eigenvalue weighted by Crippen LogP contribution is 2.07. The Morgan fingerprint density at radius 2 is 2.18 bits per heavy atom. The zero-order chi connectivity index (χ0) is 8.10. The molecule has 2 nitrogen and oxygen atoms in total. The Bertz CT molecular complexity index is 286. The molecular weight excluding hydrogens is 156 g/mol. The second-order valence-corrected chi connectivity index (χ2v) is 1.94. The smallest absolute Gasteiger partial charge is 0.0484 e. The van der Waals surface area contributed by atoms with Crippen molar-refractivity contribution in [2.45, 2.75) is 0 Å². The van der Waals surface area contributed by atoms with E-state index in [9.17, 15) is 0 Å². The molecule has 0 saturated carbocycles. The normalized spacial score (nSPS) is 8.91. The van der Waals surface area contributed by atoms with E-state index in [0.29, 0.717) is 0 Å². The van der Waals surface area contributed by atoms with E-state index in [-0.39, 0.29) is 0 Å². The molecule has 0 spiro atoms. The van der Waals surface area contributed by atoms with Crippen molar-refractivity contribution in [3.05, 3.63) is 30.7 Å². The van der Waals surface area contributed by atoms with Crippen LogP contribution in [0.4, 0.5) is 0 Å². The number of aromatic nitrogens is 2. The molecule has 0 aliphatic rings. The van der Waals surface area contributed by atoms with Crippen LogP contribution in [0.25, 0.3) is 10.9 Å². The summed E-state index contributed by atoms with van der Waals surface area (Å²) >= 11 is 3.53. The standard InChI is InChI=1S/C7H6N2.CH4S/c1-4-9-7-2-3-8-5-6(1)7;1-2/h1-5,9H;2H,1H3. The highest BCUT2D eigenvalue weighted by Gasteiger charge is 1.87. The number of fused-ring (bicyclic) bond motifs is 1. The third-order valence-electron chi connectivity index (χ3n) is 1.35. The third-order valence-corrected chi connectivity index (χ3v) is 1.35. The van der Waals surface area contributed by atoms with Gasteiger partial charge in [-0.25, -0.2) is 0 Å². The van der Waals surface area contributed by atoms with Gasteiger partial charge < -0.3 is 4.98 Å². The number of H-pyrrole nitrogens is 1. The maximum atomic E-state index is 3.97. The van der Waals surface area contributed by atoms with E-state index in [1.165, 1.54) is 0 Å². The zero-order valence-corrected chi connectivity index (χ0v) is 7.18. The van der Waals surface area contributed by atoms with Gasteiger partial charge in [-0.1, -0.05) is 0 Å². The predicted molar refractivity (Wildman–Crippen MR) is 51.0 cm³/mol. The second-order valence-electron chi connectivity index (χ2n) is 1.94. The molecule has 0 aliphatic heterocycles. The monoisotopic (exact) mass is 166 g/mol. The van der Waals surface area contributed by atoms with Crippen LogP contribution in [0.15, 0.2) is 30.7 Å². The minimum atomic E-state index is 1.14. The van der Waals surface area contributed by atoms with E-state index in [0.717, 1.165) is 10.9 Å². The number of hydrogen-bond acceptors (Lipinski definition) is 2. The fourth-order valence-corrected chi connectivity index (χ4v) is 0.892. The van der Waals surface area contributed by atoms with Crippen molar-refractivity contribution in [2.75, 3.05) is 6.26 Å². The Morgan fingerprint density at radius 3 is 2.91 bits per heavy atom. The highest BCUT2D eigenvalue weighted by atomic mass is 32.1. The van der Waals surface area contributed by atoms with Crippen LogP contribution < -0.4 is 0 Å². The number of thiol groups is 1. The van der Waals surface area contributed by atoms with Crippen LogP contribution in [0.2, 0.25) is 0 Å². The van der Waals surface area contributed by atoms with Gasteiger partial charge in [0.05, 0.1) is 0 Å². The van der Waals surface area contributed by atoms with Crippen molar-refractivity contribution in [2.24, 2.45) is 0 Å². The summed E-state index contributed by atoms with van der Waals surface area (Å²) in [6.07, 6.45) is 7.22. The van der Waals surface area contributed by atoms with E-state index in [2.05, 4.69) is 22.6 Å². The molecule has 2 aromatic heterocycles. The van der Waals surface area contributed by atoms with Crippen molar-refractivity contribution in [3.63, 3.8) is 0 Å². The molecule has 2 rings (SSSR count). The van der Waals surface area contributed by atoms with Crippen molar-refractivity contribution in [1.82, 2.24) is 9.97 Å². The summed E-state index contributed by atoms with van der Waals surface area (Å²) in [7, 11) is 0. The van der Waals surface area contributed by atoms with Crippen LogP contribution in [0, 0.1) is 0 Å². The lowest BCUT2D eigenvalue weighted by atomic mass is 10.3. The second kappa shape index (κ2) is 4.03. The highest BCUT2D eigenvalue weighted by molar-refractivity contribution is 7.79. The summed E-state index contributed by atoms with van der Waals surface area (Å²) < 4.78 is 0. The number of nitrogens with one attached hydrogen (secondary N) is 1. The van der Waals surface area contributed by atoms with Crippen LogP contribution in [-0.4, -0.2) is 16.2 Å². The fourth-order valence-electron chi connectivity index (χ4n) is 0.892. The van der Waals surface area contributed by atoms with E-state index in [1.54, 1.807) is 12.5 Å². The molecule has 3 heteroatoms. The predicted octanol–water partition coefficient (Wildman–Crippen LogP) is 2.11. The molecule has 1 N–H and O–H groups in total. The van der Waals surface area contributed by atoms with Crippen LogP contribution >= 0.6 is 12.6 Å². The van der Waals surface area contributed by atoms with Gasteiger partial charge in [0.25, 0.3) is 0 Å². The lowest BCUT2D eigenvalue weighted by Gasteiger charge is -1.82. The van der Waals surface area contributed by atoms with Gasteiger partial charge in [0, 0.05) is 29.5 Å². The molecular formula is C8H10N2S. The molecule has 0 saturated heterocycles. The molecule has 0 aliphatic carbocycles. The first-order chi connectivity index (χ1) is 5.47. The van der Waals surface area contributed by atoms with Crippen molar-refractivity contribution < 1.29 is 0 Å². The Balaban J connectivity index is 0.000000281. The summed E-state index contributed by atoms with van der Waals surface area (Å²) in [6.45, 7) is 0. The average molecular weight is 166 g/mol. The van der Waals surface area contributed by atoms with Gasteiger partial charge in [-0.05, 0) is 18.4 Å². The van der Waals surface area contributed by atoms with E-state index < -0.39 is 0 Å². The fraction of sp³-hybridized carbons (Fsp3) is 0.125. The van der Waals surface area contributed by atoms with Crippen LogP contribution in [0.1, 0.15) is 0 Å². The molecule has 0 radical (unpaired) electrons. The zero-order valence-electron chi connectivity index (χ0n) is 6.28. The summed E-state index contributed by atoms with van der Waals surface area (Å²) in [5, 5.41) is 1.16. The number of pyridine rings is 1. The van der Waals surface area contributed by atoms with Gasteiger partial charge in [-0.15, -0.1) is 0 Å². The Labute approximate surface area is 71.1 Å². The number of hydrogen-bond donors (Lipinski definition) is 2. The van der Waals surface area contributed by atoms with Crippen LogP contribution in [0.5, 0.6) is 0 Å². The van der Waals surface area contributed by atoms with Gasteiger partial charge in [0.15, 0.2) is 0 Å². The van der Waals surface area contributed by atoms with Crippen molar-refractivity contribution >= 4 is 23.5 Å². The summed E-state index contributed by atoms with van der Waals surface area (Å²) in [5.74, 6) is 0. The first-order valence-corrected chi connectivity index (χ1v) is 4.18. The third kappa shape index (κ3) is 1.74. The molecule has 0 fully saturated rings. The Hall–Kier alpha value is -0.960. The molecule has 0 atom stereocenters. The molecule has 2 heterocycles. The van der Waals surface area contributed by atoms with Crippen molar-refractivity contribution in [3.8, 4) is 0 Å². The maximum absolute atomic E-state index is 3.97. The minimum absolute atomic E-state index is 1.14. The first kappa shape index (κ1) is 8.14. The molecule has 0 aromatic carbocycles. The minimum Gasteiger partial charge on any atom is -0.361 e. The largest absolute Gasteiger partial charge is 0.361 e. The summed E-state index contributed by atoms with van der Waals surface area (Å²) in [6, 6.07) is 3.96. The van der Waals surface area contributed by atoms with E-state index >= 15 is 0 Å². The Kier molecular flexibility index (Phi) is 2.98. The van der Waals surface area contributed by atoms with Crippen molar-refractivity contribution in [1.29, 1.82) is 0 Å². The molecule has 0 bridgehead atoms. The summed E-state index contributed by atoms with van der Waals surface area (Å²) in [5.41, 5.74) is 1.14. The molecule has 0 unspecified atom stereocenters. The topological polar surface area (TPSA) is 28.7 Å². The summed E-state index contributed by atoms with van der Waals surface area (Å²) in [4.78, 5) is 7.04. The van der Waals surface area contributed by atoms with Gasteiger partial charge in [0.1, 0.15) is 0 Å².